The number of nitrogens with zero attached hydrogens (tertiary/aromatic N) is 1. The number of esters is 1. The molecule has 112 valence electrons. The minimum atomic E-state index is -0.340. The molecule has 2 aromatic rings. The molecule has 1 aromatic carbocycles. The average molecular weight is 332 g/mol. The first-order valence-corrected chi connectivity index (χ1v) is 8.27. The van der Waals surface area contributed by atoms with Gasteiger partial charge in [-0.1, -0.05) is 30.0 Å². The summed E-state index contributed by atoms with van der Waals surface area (Å²) < 4.78 is 7.74. The molecule has 0 atom stereocenters. The Hall–Kier alpha value is -2.14. The molecule has 2 heterocycles. The zero-order valence-corrected chi connectivity index (χ0v) is 13.1. The molecular formula is C15H12N2O3S2. The topological polar surface area (TPSA) is 50.8 Å². The van der Waals surface area contributed by atoms with Gasteiger partial charge in [0, 0.05) is 20.0 Å². The van der Waals surface area contributed by atoms with Crippen LogP contribution in [0.2, 0.25) is 0 Å². The lowest BCUT2D eigenvalue weighted by Crippen LogP contribution is -2.20. The fourth-order valence-electron chi connectivity index (χ4n) is 1.78. The van der Waals surface area contributed by atoms with Gasteiger partial charge in [-0.3, -0.25) is 5.43 Å². The second-order valence-corrected chi connectivity index (χ2v) is 5.93. The van der Waals surface area contributed by atoms with E-state index in [1.165, 1.54) is 34.1 Å². The predicted octanol–water partition coefficient (Wildman–Crippen LogP) is 2.93. The second kappa shape index (κ2) is 7.22. The van der Waals surface area contributed by atoms with Crippen LogP contribution in [-0.2, 0) is 9.57 Å². The maximum atomic E-state index is 12.0. The average Bonchev–Trinajstić information content (AvgIpc) is 3.19. The van der Waals surface area contributed by atoms with Gasteiger partial charge in [0.1, 0.15) is 6.26 Å². The highest BCUT2D eigenvalue weighted by Crippen LogP contribution is 2.26. The molecule has 0 saturated heterocycles. The van der Waals surface area contributed by atoms with Crippen molar-refractivity contribution in [2.75, 3.05) is 12.4 Å². The highest BCUT2D eigenvalue weighted by Gasteiger charge is 2.12. The van der Waals surface area contributed by atoms with Crippen LogP contribution in [0.15, 0.2) is 42.1 Å². The van der Waals surface area contributed by atoms with Gasteiger partial charge < -0.3 is 9.57 Å². The number of hydrazine groups is 1. The molecule has 0 saturated carbocycles. The van der Waals surface area contributed by atoms with Gasteiger partial charge in [-0.2, -0.15) is 0 Å². The van der Waals surface area contributed by atoms with Crippen LogP contribution in [0.25, 0.3) is 10.1 Å². The van der Waals surface area contributed by atoms with E-state index in [1.807, 2.05) is 29.6 Å². The van der Waals surface area contributed by atoms with E-state index in [2.05, 4.69) is 17.3 Å². The Morgan fingerprint density at radius 1 is 1.41 bits per heavy atom. The summed E-state index contributed by atoms with van der Waals surface area (Å²) in [6.07, 6.45) is 3.21. The van der Waals surface area contributed by atoms with Gasteiger partial charge in [-0.15, -0.1) is 11.3 Å². The SMILES string of the molecule is O=C(OCC#CCSN1NC=CO1)c1csc2ccccc12. The largest absolute Gasteiger partial charge is 0.449 e. The normalized spacial score (nSPS) is 13.3. The third-order valence-corrected chi connectivity index (χ3v) is 4.42. The van der Waals surface area contributed by atoms with Gasteiger partial charge in [0.15, 0.2) is 6.61 Å². The van der Waals surface area contributed by atoms with E-state index in [-0.39, 0.29) is 12.6 Å². The molecule has 22 heavy (non-hydrogen) atoms. The molecule has 0 fully saturated rings. The van der Waals surface area contributed by atoms with E-state index in [0.717, 1.165) is 10.1 Å². The van der Waals surface area contributed by atoms with E-state index < -0.39 is 0 Å². The standard InChI is InChI=1S/C15H12N2O3S2/c18-15(13-11-21-14-6-2-1-5-12(13)14)19-8-3-4-10-22-17-16-7-9-20-17/h1-2,5-7,9,11,16H,8,10H2. The van der Waals surface area contributed by atoms with Crippen LogP contribution in [0.1, 0.15) is 10.4 Å². The summed E-state index contributed by atoms with van der Waals surface area (Å²) in [6.45, 7) is 0.0795. The fraction of sp³-hybridized carbons (Fsp3) is 0.133. The number of nitrogens with one attached hydrogen (secondary N) is 1. The smallest absolute Gasteiger partial charge is 0.340 e. The van der Waals surface area contributed by atoms with E-state index in [9.17, 15) is 4.79 Å². The molecule has 0 unspecified atom stereocenters. The van der Waals surface area contributed by atoms with Gasteiger partial charge in [0.2, 0.25) is 0 Å². The molecule has 3 rings (SSSR count). The van der Waals surface area contributed by atoms with Crippen molar-refractivity contribution in [3.63, 3.8) is 0 Å². The summed E-state index contributed by atoms with van der Waals surface area (Å²) in [4.78, 5) is 17.1. The Labute approximate surface area is 135 Å². The highest BCUT2D eigenvalue weighted by molar-refractivity contribution is 7.97. The first-order chi connectivity index (χ1) is 10.8. The summed E-state index contributed by atoms with van der Waals surface area (Å²) in [5.41, 5.74) is 3.44. The summed E-state index contributed by atoms with van der Waals surface area (Å²) in [5.74, 6) is 5.90. The van der Waals surface area contributed by atoms with E-state index >= 15 is 0 Å². The number of benzene rings is 1. The van der Waals surface area contributed by atoms with Crippen molar-refractivity contribution in [2.45, 2.75) is 0 Å². The number of ether oxygens (including phenoxy) is 1. The molecule has 0 bridgehead atoms. The number of hydrogen-bond acceptors (Lipinski definition) is 7. The van der Waals surface area contributed by atoms with Crippen LogP contribution in [0.4, 0.5) is 0 Å². The molecule has 7 heteroatoms. The lowest BCUT2D eigenvalue weighted by atomic mass is 10.2. The third-order valence-electron chi connectivity index (χ3n) is 2.76. The Morgan fingerprint density at radius 2 is 2.32 bits per heavy atom. The minimum absolute atomic E-state index is 0.0795. The molecule has 0 aliphatic carbocycles. The van der Waals surface area contributed by atoms with Crippen molar-refractivity contribution in [1.82, 2.24) is 10.0 Å². The van der Waals surface area contributed by atoms with Crippen molar-refractivity contribution in [1.29, 1.82) is 0 Å². The Morgan fingerprint density at radius 3 is 3.18 bits per heavy atom. The number of fused-ring (bicyclic) bond motifs is 1. The van der Waals surface area contributed by atoms with Crippen LogP contribution < -0.4 is 5.43 Å². The Bertz CT molecular complexity index is 753. The van der Waals surface area contributed by atoms with Gasteiger partial charge >= 0.3 is 5.97 Å². The van der Waals surface area contributed by atoms with Crippen LogP contribution in [0.3, 0.4) is 0 Å². The molecule has 1 N–H and O–H groups in total. The van der Waals surface area contributed by atoms with E-state index in [4.69, 9.17) is 9.57 Å². The number of thiophene rings is 1. The molecular weight excluding hydrogens is 320 g/mol. The molecule has 0 amide bonds. The molecule has 0 radical (unpaired) electrons. The summed E-state index contributed by atoms with van der Waals surface area (Å²) in [6, 6.07) is 7.76. The first kappa shape index (κ1) is 14.8. The van der Waals surface area contributed by atoms with E-state index in [1.54, 1.807) is 6.20 Å². The Kier molecular flexibility index (Phi) is 4.85. The van der Waals surface area contributed by atoms with Crippen LogP contribution >= 0.6 is 23.3 Å². The predicted molar refractivity (Wildman–Crippen MR) is 87.5 cm³/mol. The van der Waals surface area contributed by atoms with Crippen molar-refractivity contribution in [3.8, 4) is 11.8 Å². The zero-order valence-electron chi connectivity index (χ0n) is 11.4. The number of hydrogen-bond donors (Lipinski definition) is 1. The maximum Gasteiger partial charge on any atom is 0.340 e. The van der Waals surface area contributed by atoms with Crippen LogP contribution in [-0.4, -0.2) is 22.9 Å². The van der Waals surface area contributed by atoms with Gasteiger partial charge in [-0.05, 0) is 18.0 Å². The quantitative estimate of drug-likeness (QED) is 0.528. The second-order valence-electron chi connectivity index (χ2n) is 4.14. The van der Waals surface area contributed by atoms with Crippen molar-refractivity contribution >= 4 is 39.3 Å². The molecule has 0 spiro atoms. The van der Waals surface area contributed by atoms with Crippen molar-refractivity contribution in [2.24, 2.45) is 0 Å². The lowest BCUT2D eigenvalue weighted by Gasteiger charge is -2.09. The first-order valence-electron chi connectivity index (χ1n) is 6.45. The summed E-state index contributed by atoms with van der Waals surface area (Å²) in [5, 5.41) is 2.74. The van der Waals surface area contributed by atoms with Gasteiger partial charge in [0.25, 0.3) is 0 Å². The van der Waals surface area contributed by atoms with Crippen molar-refractivity contribution < 1.29 is 14.4 Å². The highest BCUT2D eigenvalue weighted by atomic mass is 32.2. The number of carbonyl (C=O) groups is 1. The zero-order chi connectivity index (χ0) is 15.2. The minimum Gasteiger partial charge on any atom is -0.449 e. The molecule has 5 nitrogen and oxygen atoms in total. The number of carbonyl (C=O) groups excluding carboxylic acids is 1. The molecule has 1 aromatic heterocycles. The molecule has 1 aliphatic heterocycles. The lowest BCUT2D eigenvalue weighted by molar-refractivity contribution is -0.00803. The fourth-order valence-corrected chi connectivity index (χ4v) is 3.24. The third kappa shape index (κ3) is 3.54. The Balaban J connectivity index is 1.46. The van der Waals surface area contributed by atoms with Crippen LogP contribution in [0, 0.1) is 11.8 Å². The van der Waals surface area contributed by atoms with Crippen molar-refractivity contribution in [3.05, 3.63) is 47.7 Å². The van der Waals surface area contributed by atoms with Gasteiger partial charge in [0.05, 0.1) is 17.5 Å². The van der Waals surface area contributed by atoms with E-state index in [0.29, 0.717) is 11.3 Å². The van der Waals surface area contributed by atoms with Crippen LogP contribution in [0.5, 0.6) is 0 Å². The monoisotopic (exact) mass is 332 g/mol. The van der Waals surface area contributed by atoms with Gasteiger partial charge in [-0.25, -0.2) is 4.79 Å². The molecule has 1 aliphatic rings. The summed E-state index contributed by atoms with van der Waals surface area (Å²) >= 11 is 2.90. The maximum absolute atomic E-state index is 12.0. The summed E-state index contributed by atoms with van der Waals surface area (Å²) in [7, 11) is 0. The number of rotatable bonds is 4.